The SMILES string of the molecule is COc1cc(C2c3cc4c(cc3C(CC3OC(O)C(O)C5OC(C)OC35)C3COCC23)OCO4)cc(OC)c1Oc1ccc(OCc2cnc([N+](C)=O)n2C)c(F)c1. The van der Waals surface area contributed by atoms with Crippen molar-refractivity contribution in [3.05, 3.63) is 81.8 Å². The number of halogens is 1. The van der Waals surface area contributed by atoms with Gasteiger partial charge in [0.1, 0.15) is 43.9 Å². The summed E-state index contributed by atoms with van der Waals surface area (Å²) in [6.07, 6.45) is -3.12. The number of ether oxygens (including phenoxy) is 10. The molecule has 4 aromatic rings. The van der Waals surface area contributed by atoms with Gasteiger partial charge in [-0.05, 0) is 88.9 Å². The van der Waals surface area contributed by atoms with Gasteiger partial charge in [0, 0.05) is 12.0 Å². The van der Waals surface area contributed by atoms with Gasteiger partial charge in [-0.3, -0.25) is 0 Å². The first-order valence-corrected chi connectivity index (χ1v) is 19.1. The van der Waals surface area contributed by atoms with Gasteiger partial charge in [-0.15, -0.1) is 0 Å². The smallest absolute Gasteiger partial charge is 0.434 e. The van der Waals surface area contributed by atoms with Crippen molar-refractivity contribution in [3.63, 3.8) is 0 Å². The van der Waals surface area contributed by atoms with Gasteiger partial charge in [-0.1, -0.05) is 9.89 Å². The number of nitroso groups, excluding NO2 is 1. The number of aromatic nitrogens is 2. The molecule has 3 fully saturated rings. The summed E-state index contributed by atoms with van der Waals surface area (Å²) in [4.78, 5) is 15.8. The van der Waals surface area contributed by atoms with Gasteiger partial charge in [0.05, 0.1) is 40.6 Å². The lowest BCUT2D eigenvalue weighted by atomic mass is 9.61. The second-order valence-corrected chi connectivity index (χ2v) is 15.2. The topological polar surface area (TPSA) is 171 Å². The fourth-order valence-electron chi connectivity index (χ4n) is 9.21. The maximum absolute atomic E-state index is 15.4. The third kappa shape index (κ3) is 6.68. The molecular formula is C41H45FN3O13+. The largest absolute Gasteiger partial charge is 0.493 e. The summed E-state index contributed by atoms with van der Waals surface area (Å²) in [5, 5.41) is 21.4. The van der Waals surface area contributed by atoms with Gasteiger partial charge >= 0.3 is 5.95 Å². The summed E-state index contributed by atoms with van der Waals surface area (Å²) in [5.41, 5.74) is 3.49. The highest BCUT2D eigenvalue weighted by Gasteiger charge is 2.54. The summed E-state index contributed by atoms with van der Waals surface area (Å²) >= 11 is 0. The van der Waals surface area contributed by atoms with Crippen molar-refractivity contribution >= 4 is 5.95 Å². The zero-order valence-corrected chi connectivity index (χ0v) is 32.5. The molecular weight excluding hydrogens is 761 g/mol. The third-order valence-corrected chi connectivity index (χ3v) is 11.9. The summed E-state index contributed by atoms with van der Waals surface area (Å²) in [6, 6.07) is 12.1. The lowest BCUT2D eigenvalue weighted by Gasteiger charge is -2.44. The van der Waals surface area contributed by atoms with Crippen molar-refractivity contribution in [2.24, 2.45) is 18.9 Å². The van der Waals surface area contributed by atoms with E-state index in [2.05, 4.69) is 4.98 Å². The normalized spacial score (nSPS) is 29.4. The average Bonchev–Trinajstić information content (AvgIpc) is 4.03. The van der Waals surface area contributed by atoms with E-state index in [1.165, 1.54) is 39.6 Å². The van der Waals surface area contributed by atoms with Crippen LogP contribution in [0, 0.1) is 22.6 Å². The van der Waals surface area contributed by atoms with Crippen LogP contribution in [-0.4, -0.2) is 103 Å². The molecule has 3 saturated heterocycles. The molecule has 0 bridgehead atoms. The number of hydrogen-bond acceptors (Lipinski definition) is 14. The molecule has 10 atom stereocenters. The van der Waals surface area contributed by atoms with E-state index in [0.717, 1.165) is 16.7 Å². The predicted molar refractivity (Wildman–Crippen MR) is 198 cm³/mol. The first kappa shape index (κ1) is 38.5. The summed E-state index contributed by atoms with van der Waals surface area (Å²) in [6.45, 7) is 2.81. The summed E-state index contributed by atoms with van der Waals surface area (Å²) in [5.74, 6) is 1.68. The number of methoxy groups -OCH3 is 2. The van der Waals surface area contributed by atoms with E-state index in [1.54, 1.807) is 24.6 Å². The molecule has 16 nitrogen and oxygen atoms in total. The Hall–Kier alpha value is -5.04. The Kier molecular flexibility index (Phi) is 10.1. The number of benzene rings is 3. The van der Waals surface area contributed by atoms with Crippen LogP contribution in [-0.2, 0) is 32.6 Å². The highest BCUT2D eigenvalue weighted by atomic mass is 19.1. The second-order valence-electron chi connectivity index (χ2n) is 15.2. The van der Waals surface area contributed by atoms with Crippen LogP contribution < -0.4 is 28.4 Å². The number of fused-ring (bicyclic) bond motifs is 4. The zero-order valence-electron chi connectivity index (χ0n) is 32.5. The Morgan fingerprint density at radius 3 is 2.33 bits per heavy atom. The van der Waals surface area contributed by atoms with Crippen LogP contribution in [0.2, 0.25) is 0 Å². The number of hydrogen-bond donors (Lipinski definition) is 2. The molecule has 1 aromatic heterocycles. The highest BCUT2D eigenvalue weighted by molar-refractivity contribution is 5.60. The number of rotatable bonds is 11. The molecule has 0 saturated carbocycles. The molecule has 3 aromatic carbocycles. The number of imidazole rings is 1. The fraction of sp³-hybridized carbons (Fsp3) is 0.488. The number of aliphatic hydroxyl groups excluding tert-OH is 2. The molecule has 58 heavy (non-hydrogen) atoms. The number of nitrogens with zero attached hydrogens (tertiary/aromatic N) is 3. The van der Waals surface area contributed by atoms with Crippen LogP contribution >= 0.6 is 0 Å². The Morgan fingerprint density at radius 1 is 0.931 bits per heavy atom. The first-order chi connectivity index (χ1) is 28.0. The van der Waals surface area contributed by atoms with Gasteiger partial charge in [0.25, 0.3) is 0 Å². The standard InChI is InChI=1S/C41H45FN3O13/c1-19-55-38-34(58-40(47)36(46)39(38)56-19)12-24-23-11-30-31(54-18-53-30)13-25(23)35(27-17-51-16-26(24)27)20-8-32(49-4)37(33(9-20)50-5)57-22-6-7-29(28(42)10-22)52-15-21-14-43-41(44(21)2)45(3)48/h6-11,13-14,19,24,26-27,34-36,38-40,46-47H,12,15-18H2,1-5H3/q+1. The predicted octanol–water partition coefficient (Wildman–Crippen LogP) is 4.81. The monoisotopic (exact) mass is 806 g/mol. The molecule has 0 radical (unpaired) electrons. The maximum Gasteiger partial charge on any atom is 0.434 e. The zero-order chi connectivity index (χ0) is 40.4. The highest BCUT2D eigenvalue weighted by Crippen LogP contribution is 2.58. The molecule has 9 rings (SSSR count). The third-order valence-electron chi connectivity index (χ3n) is 11.9. The number of aliphatic hydroxyl groups is 2. The van der Waals surface area contributed by atoms with Gasteiger partial charge in [-0.25, -0.2) is 8.96 Å². The second kappa shape index (κ2) is 15.3. The van der Waals surface area contributed by atoms with Crippen LogP contribution in [0.1, 0.15) is 47.6 Å². The Bertz CT molecular complexity index is 2190. The Labute approximate surface area is 332 Å². The van der Waals surface area contributed by atoms with E-state index in [1.807, 2.05) is 24.3 Å². The van der Waals surface area contributed by atoms with Crippen LogP contribution in [0.5, 0.6) is 40.2 Å². The van der Waals surface area contributed by atoms with Crippen molar-refractivity contribution < 1.29 is 66.7 Å². The van der Waals surface area contributed by atoms with Crippen LogP contribution in [0.3, 0.4) is 0 Å². The van der Waals surface area contributed by atoms with Gasteiger partial charge in [0.2, 0.25) is 12.5 Å². The molecule has 17 heteroatoms. The molecule has 4 aliphatic heterocycles. The fourth-order valence-corrected chi connectivity index (χ4v) is 9.21. The van der Waals surface area contributed by atoms with E-state index in [-0.39, 0.29) is 60.3 Å². The quantitative estimate of drug-likeness (QED) is 0.198. The Balaban J connectivity index is 1.02. The van der Waals surface area contributed by atoms with Gasteiger partial charge in [-0.2, -0.15) is 0 Å². The molecule has 1 aliphatic carbocycles. The summed E-state index contributed by atoms with van der Waals surface area (Å²) in [7, 11) is 6.08. The Morgan fingerprint density at radius 2 is 1.64 bits per heavy atom. The minimum absolute atomic E-state index is 0.00517. The van der Waals surface area contributed by atoms with E-state index in [4.69, 9.17) is 47.4 Å². The maximum atomic E-state index is 15.4. The molecule has 0 spiro atoms. The summed E-state index contributed by atoms with van der Waals surface area (Å²) < 4.78 is 77.3. The van der Waals surface area contributed by atoms with Gasteiger partial charge in [0.15, 0.2) is 52.8 Å². The van der Waals surface area contributed by atoms with Crippen LogP contribution in [0.15, 0.2) is 48.7 Å². The van der Waals surface area contributed by atoms with Crippen molar-refractivity contribution in [2.75, 3.05) is 41.3 Å². The van der Waals surface area contributed by atoms with Crippen molar-refractivity contribution in [2.45, 2.75) is 68.8 Å². The molecule has 0 amide bonds. The lowest BCUT2D eigenvalue weighted by molar-refractivity contribution is -0.439. The molecule has 308 valence electrons. The van der Waals surface area contributed by atoms with Crippen LogP contribution in [0.25, 0.3) is 0 Å². The minimum Gasteiger partial charge on any atom is -0.493 e. The molecule has 10 unspecified atom stereocenters. The van der Waals surface area contributed by atoms with Gasteiger partial charge < -0.3 is 57.6 Å². The van der Waals surface area contributed by atoms with E-state index < -0.39 is 42.8 Å². The van der Waals surface area contributed by atoms with Crippen LogP contribution in [0.4, 0.5) is 10.3 Å². The van der Waals surface area contributed by atoms with E-state index in [9.17, 15) is 15.1 Å². The van der Waals surface area contributed by atoms with Crippen molar-refractivity contribution in [1.82, 2.24) is 9.55 Å². The first-order valence-electron chi connectivity index (χ1n) is 19.1. The van der Waals surface area contributed by atoms with Crippen molar-refractivity contribution in [1.29, 1.82) is 0 Å². The van der Waals surface area contributed by atoms with Crippen molar-refractivity contribution in [3.8, 4) is 40.2 Å². The minimum atomic E-state index is -1.42. The molecule has 2 N–H and O–H groups in total. The lowest BCUT2D eigenvalue weighted by Crippen LogP contribution is -2.56. The van der Waals surface area contributed by atoms with E-state index in [0.29, 0.717) is 53.1 Å². The van der Waals surface area contributed by atoms with E-state index >= 15 is 4.39 Å². The molecule has 5 aliphatic rings. The molecule has 5 heterocycles. The average molecular weight is 807 g/mol.